The number of nitrogens with one attached hydrogen (secondary N) is 1. The first-order chi connectivity index (χ1) is 10.5. The highest BCUT2D eigenvalue weighted by atomic mass is 16.3. The van der Waals surface area contributed by atoms with Crippen molar-refractivity contribution in [2.75, 3.05) is 0 Å². The predicted octanol–water partition coefficient (Wildman–Crippen LogP) is 2.19. The number of amides is 1. The molecule has 1 atom stereocenters. The van der Waals surface area contributed by atoms with Crippen LogP contribution in [0.4, 0.5) is 0 Å². The molecule has 1 N–H and O–H groups in total. The van der Waals surface area contributed by atoms with Crippen LogP contribution in [-0.4, -0.2) is 22.7 Å². The number of ketones is 1. The van der Waals surface area contributed by atoms with Gasteiger partial charge < -0.3 is 9.73 Å². The van der Waals surface area contributed by atoms with E-state index in [0.717, 1.165) is 5.56 Å². The fraction of sp³-hybridized carbons (Fsp3) is 0.250. The number of oxazole rings is 1. The maximum atomic E-state index is 12.3. The Morgan fingerprint density at radius 3 is 2.45 bits per heavy atom. The van der Waals surface area contributed by atoms with Crippen LogP contribution in [0.2, 0.25) is 0 Å². The molecule has 0 aliphatic carbocycles. The summed E-state index contributed by atoms with van der Waals surface area (Å²) in [6.07, 6.45) is 2.88. The largest absolute Gasteiger partial charge is 0.444 e. The number of rotatable bonds is 5. The fourth-order valence-corrected chi connectivity index (χ4v) is 1.93. The summed E-state index contributed by atoms with van der Waals surface area (Å²) in [5.74, 6) is -1.88. The van der Waals surface area contributed by atoms with Crippen LogP contribution < -0.4 is 5.32 Å². The van der Waals surface area contributed by atoms with Gasteiger partial charge in [0.15, 0.2) is 23.9 Å². The molecule has 0 spiro atoms. The second-order valence-electron chi connectivity index (χ2n) is 5.03. The van der Waals surface area contributed by atoms with E-state index in [1.165, 1.54) is 6.39 Å². The third-order valence-corrected chi connectivity index (χ3v) is 2.97. The zero-order chi connectivity index (χ0) is 16.1. The Labute approximate surface area is 127 Å². The SMILES string of the molecule is CC(C)NC(=O)[C@@H](C#N)C(=O)c1ccc(-c2cnco2)cc1. The first-order valence-electron chi connectivity index (χ1n) is 6.76. The molecule has 0 fully saturated rings. The number of aromatic nitrogens is 1. The summed E-state index contributed by atoms with van der Waals surface area (Å²) in [5, 5.41) is 11.7. The van der Waals surface area contributed by atoms with Crippen LogP contribution in [0.5, 0.6) is 0 Å². The monoisotopic (exact) mass is 297 g/mol. The van der Waals surface area contributed by atoms with Crippen molar-refractivity contribution in [3.63, 3.8) is 0 Å². The van der Waals surface area contributed by atoms with Crippen molar-refractivity contribution in [3.8, 4) is 17.4 Å². The molecule has 0 saturated carbocycles. The lowest BCUT2D eigenvalue weighted by Crippen LogP contribution is -2.38. The molecule has 1 heterocycles. The smallest absolute Gasteiger partial charge is 0.245 e. The van der Waals surface area contributed by atoms with Gasteiger partial charge in [-0.3, -0.25) is 9.59 Å². The van der Waals surface area contributed by atoms with Crippen LogP contribution >= 0.6 is 0 Å². The van der Waals surface area contributed by atoms with Gasteiger partial charge in [0, 0.05) is 17.2 Å². The summed E-state index contributed by atoms with van der Waals surface area (Å²) < 4.78 is 5.16. The third kappa shape index (κ3) is 3.38. The maximum absolute atomic E-state index is 12.3. The zero-order valence-electron chi connectivity index (χ0n) is 12.2. The van der Waals surface area contributed by atoms with Gasteiger partial charge in [0.1, 0.15) is 0 Å². The Hall–Kier alpha value is -2.94. The normalized spacial score (nSPS) is 11.7. The number of carbonyl (C=O) groups is 2. The van der Waals surface area contributed by atoms with E-state index in [1.54, 1.807) is 50.4 Å². The van der Waals surface area contributed by atoms with Gasteiger partial charge >= 0.3 is 0 Å². The molecule has 0 saturated heterocycles. The quantitative estimate of drug-likeness (QED) is 0.674. The van der Waals surface area contributed by atoms with Crippen molar-refractivity contribution >= 4 is 11.7 Å². The molecule has 1 aromatic carbocycles. The Morgan fingerprint density at radius 2 is 1.95 bits per heavy atom. The van der Waals surface area contributed by atoms with Crippen LogP contribution in [0, 0.1) is 17.2 Å². The van der Waals surface area contributed by atoms with Gasteiger partial charge in [-0.15, -0.1) is 0 Å². The summed E-state index contributed by atoms with van der Waals surface area (Å²) in [6, 6.07) is 8.11. The lowest BCUT2D eigenvalue weighted by Gasteiger charge is -2.12. The Bertz CT molecular complexity index is 697. The van der Waals surface area contributed by atoms with Crippen molar-refractivity contribution in [2.24, 2.45) is 5.92 Å². The number of nitrogens with zero attached hydrogens (tertiary/aromatic N) is 2. The molecular formula is C16H15N3O3. The lowest BCUT2D eigenvalue weighted by molar-refractivity contribution is -0.122. The van der Waals surface area contributed by atoms with E-state index in [9.17, 15) is 9.59 Å². The summed E-state index contributed by atoms with van der Waals surface area (Å²) in [7, 11) is 0. The number of hydrogen-bond donors (Lipinski definition) is 1. The van der Waals surface area contributed by atoms with E-state index in [4.69, 9.17) is 9.68 Å². The first-order valence-corrected chi connectivity index (χ1v) is 6.76. The van der Waals surface area contributed by atoms with E-state index in [-0.39, 0.29) is 6.04 Å². The standard InChI is InChI=1S/C16H15N3O3/c1-10(2)19-16(21)13(7-17)15(20)12-5-3-11(4-6-12)14-8-18-9-22-14/h3-6,8-10,13H,1-2H3,(H,19,21)/t13-/m0/s1. The van der Waals surface area contributed by atoms with Crippen molar-refractivity contribution < 1.29 is 14.0 Å². The van der Waals surface area contributed by atoms with Gasteiger partial charge in [0.25, 0.3) is 0 Å². The molecule has 0 aliphatic heterocycles. The highest BCUT2D eigenvalue weighted by Gasteiger charge is 2.27. The van der Waals surface area contributed by atoms with Crippen LogP contribution in [0.15, 0.2) is 41.3 Å². The number of hydrogen-bond acceptors (Lipinski definition) is 5. The molecule has 0 radical (unpaired) electrons. The number of carbonyl (C=O) groups excluding carboxylic acids is 2. The van der Waals surface area contributed by atoms with Crippen LogP contribution in [-0.2, 0) is 4.79 Å². The Balaban J connectivity index is 2.18. The second kappa shape index (κ2) is 6.68. The summed E-state index contributed by atoms with van der Waals surface area (Å²) in [6.45, 7) is 3.53. The number of Topliss-reactive ketones (excluding diaryl/α,β-unsaturated/α-hetero) is 1. The first kappa shape index (κ1) is 15.4. The van der Waals surface area contributed by atoms with Crippen molar-refractivity contribution in [1.29, 1.82) is 5.26 Å². The average Bonchev–Trinajstić information content (AvgIpc) is 3.01. The average molecular weight is 297 g/mol. The van der Waals surface area contributed by atoms with E-state index in [2.05, 4.69) is 10.3 Å². The van der Waals surface area contributed by atoms with Crippen LogP contribution in [0.3, 0.4) is 0 Å². The second-order valence-corrected chi connectivity index (χ2v) is 5.03. The minimum absolute atomic E-state index is 0.134. The molecule has 22 heavy (non-hydrogen) atoms. The van der Waals surface area contributed by atoms with Crippen LogP contribution in [0.25, 0.3) is 11.3 Å². The molecule has 6 heteroatoms. The van der Waals surface area contributed by atoms with Crippen molar-refractivity contribution in [1.82, 2.24) is 10.3 Å². The van der Waals surface area contributed by atoms with Gasteiger partial charge in [-0.1, -0.05) is 24.3 Å². The van der Waals surface area contributed by atoms with E-state index in [1.807, 2.05) is 0 Å². The molecular weight excluding hydrogens is 282 g/mol. The van der Waals surface area contributed by atoms with Gasteiger partial charge in [-0.25, -0.2) is 4.98 Å². The minimum Gasteiger partial charge on any atom is -0.444 e. The Kier molecular flexibility index (Phi) is 4.69. The molecule has 0 bridgehead atoms. The zero-order valence-corrected chi connectivity index (χ0v) is 12.2. The number of nitriles is 1. The summed E-state index contributed by atoms with van der Waals surface area (Å²) >= 11 is 0. The predicted molar refractivity (Wildman–Crippen MR) is 78.7 cm³/mol. The van der Waals surface area contributed by atoms with Gasteiger partial charge in [-0.2, -0.15) is 5.26 Å². The molecule has 112 valence electrons. The van der Waals surface area contributed by atoms with Gasteiger partial charge in [0.2, 0.25) is 5.91 Å². The highest BCUT2D eigenvalue weighted by molar-refractivity contribution is 6.12. The highest BCUT2D eigenvalue weighted by Crippen LogP contribution is 2.20. The van der Waals surface area contributed by atoms with Crippen molar-refractivity contribution in [2.45, 2.75) is 19.9 Å². The molecule has 6 nitrogen and oxygen atoms in total. The lowest BCUT2D eigenvalue weighted by atomic mass is 9.96. The van der Waals surface area contributed by atoms with Gasteiger partial charge in [-0.05, 0) is 13.8 Å². The van der Waals surface area contributed by atoms with Crippen LogP contribution in [0.1, 0.15) is 24.2 Å². The van der Waals surface area contributed by atoms with Crippen molar-refractivity contribution in [3.05, 3.63) is 42.4 Å². The summed E-state index contributed by atoms with van der Waals surface area (Å²) in [4.78, 5) is 28.0. The minimum atomic E-state index is -1.35. The Morgan fingerprint density at radius 1 is 1.27 bits per heavy atom. The summed E-state index contributed by atoms with van der Waals surface area (Å²) in [5.41, 5.74) is 1.06. The van der Waals surface area contributed by atoms with E-state index < -0.39 is 17.6 Å². The third-order valence-electron chi connectivity index (χ3n) is 2.97. The molecule has 1 amide bonds. The fourth-order valence-electron chi connectivity index (χ4n) is 1.93. The topological polar surface area (TPSA) is 96.0 Å². The molecule has 0 unspecified atom stereocenters. The molecule has 2 rings (SSSR count). The van der Waals surface area contributed by atoms with E-state index >= 15 is 0 Å². The molecule has 2 aromatic rings. The number of benzene rings is 1. The van der Waals surface area contributed by atoms with E-state index in [0.29, 0.717) is 11.3 Å². The van der Waals surface area contributed by atoms with Gasteiger partial charge in [0.05, 0.1) is 12.3 Å². The maximum Gasteiger partial charge on any atom is 0.245 e. The molecule has 0 aliphatic rings. The molecule has 1 aromatic heterocycles.